The Morgan fingerprint density at radius 2 is 1.77 bits per heavy atom. The number of halogens is 1. The van der Waals surface area contributed by atoms with Gasteiger partial charge in [-0.2, -0.15) is 0 Å². The molecule has 1 fully saturated rings. The monoisotopic (exact) mass is 496 g/mol. The van der Waals surface area contributed by atoms with E-state index in [1.165, 1.54) is 5.56 Å². The zero-order valence-electron chi connectivity index (χ0n) is 20.2. The van der Waals surface area contributed by atoms with Crippen LogP contribution in [0.5, 0.6) is 11.5 Å². The molecule has 1 aliphatic rings. The number of rotatable bonds is 10. The van der Waals surface area contributed by atoms with Crippen LogP contribution in [0, 0.1) is 6.92 Å². The molecule has 1 N–H and O–H groups in total. The predicted molar refractivity (Wildman–Crippen MR) is 138 cm³/mol. The Kier molecular flexibility index (Phi) is 8.50. The summed E-state index contributed by atoms with van der Waals surface area (Å²) < 4.78 is 13.4. The van der Waals surface area contributed by atoms with Gasteiger partial charge in [-0.1, -0.05) is 35.9 Å². The minimum atomic E-state index is -0.819. The number of aromatic nitrogens is 1. The van der Waals surface area contributed by atoms with Crippen LogP contribution < -0.4 is 15.0 Å². The van der Waals surface area contributed by atoms with Crippen LogP contribution in [0.4, 0.5) is 0 Å². The fraction of sp³-hybridized carbons (Fsp3) is 0.393. The number of aliphatic hydroxyl groups is 1. The standard InChI is InChI=1S/C28H33ClN2O4/c1-22-6-11-27(32)31(19-22)14-3-17-34-25-9-7-23(8-10-25)20-30-15-12-28(33,13-16-30)21-35-26-5-2-4-24(29)18-26/h2,4-11,18-19,33H,3,12-17,20-21H2,1H3. The Hall–Kier alpha value is -2.80. The molecule has 0 saturated carbocycles. The smallest absolute Gasteiger partial charge is 0.250 e. The number of likely N-dealkylation sites (tertiary alicyclic amines) is 1. The van der Waals surface area contributed by atoms with Crippen molar-refractivity contribution in [1.29, 1.82) is 0 Å². The summed E-state index contributed by atoms with van der Waals surface area (Å²) in [4.78, 5) is 14.2. The van der Waals surface area contributed by atoms with Crippen LogP contribution in [-0.2, 0) is 13.1 Å². The van der Waals surface area contributed by atoms with E-state index in [4.69, 9.17) is 21.1 Å². The van der Waals surface area contributed by atoms with Gasteiger partial charge in [0.15, 0.2) is 0 Å². The van der Waals surface area contributed by atoms with Crippen LogP contribution in [0.1, 0.15) is 30.4 Å². The largest absolute Gasteiger partial charge is 0.494 e. The number of piperidine rings is 1. The topological polar surface area (TPSA) is 63.9 Å². The van der Waals surface area contributed by atoms with Crippen LogP contribution in [0.25, 0.3) is 0 Å². The number of hydrogen-bond acceptors (Lipinski definition) is 5. The zero-order valence-corrected chi connectivity index (χ0v) is 20.9. The summed E-state index contributed by atoms with van der Waals surface area (Å²) in [5.74, 6) is 1.51. The lowest BCUT2D eigenvalue weighted by Gasteiger charge is -2.38. The average Bonchev–Trinajstić information content (AvgIpc) is 2.85. The fourth-order valence-corrected chi connectivity index (χ4v) is 4.43. The Balaban J connectivity index is 1.17. The fourth-order valence-electron chi connectivity index (χ4n) is 4.25. The maximum atomic E-state index is 11.9. The molecule has 3 aromatic rings. The molecule has 186 valence electrons. The van der Waals surface area contributed by atoms with Gasteiger partial charge in [0, 0.05) is 43.5 Å². The Labute approximate surface area is 211 Å². The van der Waals surface area contributed by atoms with Crippen molar-refractivity contribution in [2.75, 3.05) is 26.3 Å². The predicted octanol–water partition coefficient (Wildman–Crippen LogP) is 4.69. The van der Waals surface area contributed by atoms with Gasteiger partial charge >= 0.3 is 0 Å². The van der Waals surface area contributed by atoms with E-state index in [-0.39, 0.29) is 12.2 Å². The summed E-state index contributed by atoms with van der Waals surface area (Å²) in [5.41, 5.74) is 1.49. The first-order chi connectivity index (χ1) is 16.9. The summed E-state index contributed by atoms with van der Waals surface area (Å²) in [6, 6.07) is 18.9. The Bertz CT molecular complexity index is 1150. The van der Waals surface area contributed by atoms with Crippen molar-refractivity contribution in [3.8, 4) is 11.5 Å². The highest BCUT2D eigenvalue weighted by Crippen LogP contribution is 2.26. The summed E-state index contributed by atoms with van der Waals surface area (Å²) in [6.45, 7) is 5.91. The zero-order chi connectivity index (χ0) is 24.7. The molecule has 0 amide bonds. The average molecular weight is 497 g/mol. The molecule has 0 bridgehead atoms. The van der Waals surface area contributed by atoms with Crippen LogP contribution >= 0.6 is 11.6 Å². The molecule has 1 aliphatic heterocycles. The molecule has 0 radical (unpaired) electrons. The first-order valence-corrected chi connectivity index (χ1v) is 12.5. The SMILES string of the molecule is Cc1ccc(=O)n(CCCOc2ccc(CN3CCC(O)(COc4cccc(Cl)c4)CC3)cc2)c1. The minimum Gasteiger partial charge on any atom is -0.494 e. The second-order valence-corrected chi connectivity index (χ2v) is 9.77. The Morgan fingerprint density at radius 3 is 2.51 bits per heavy atom. The van der Waals surface area contributed by atoms with Gasteiger partial charge in [0.1, 0.15) is 23.7 Å². The molecule has 1 saturated heterocycles. The highest BCUT2D eigenvalue weighted by atomic mass is 35.5. The van der Waals surface area contributed by atoms with Crippen molar-refractivity contribution in [2.24, 2.45) is 0 Å². The summed E-state index contributed by atoms with van der Waals surface area (Å²) in [6.07, 6.45) is 3.98. The molecule has 1 aromatic heterocycles. The van der Waals surface area contributed by atoms with Crippen molar-refractivity contribution < 1.29 is 14.6 Å². The van der Waals surface area contributed by atoms with Gasteiger partial charge < -0.3 is 19.1 Å². The van der Waals surface area contributed by atoms with Crippen LogP contribution in [-0.4, -0.2) is 46.5 Å². The van der Waals surface area contributed by atoms with Gasteiger partial charge in [-0.15, -0.1) is 0 Å². The highest BCUT2D eigenvalue weighted by Gasteiger charge is 2.33. The maximum Gasteiger partial charge on any atom is 0.250 e. The molecule has 2 heterocycles. The van der Waals surface area contributed by atoms with Crippen molar-refractivity contribution >= 4 is 11.6 Å². The third kappa shape index (κ3) is 7.59. The molecule has 0 aliphatic carbocycles. The lowest BCUT2D eigenvalue weighted by Crippen LogP contribution is -2.47. The molecule has 0 spiro atoms. The van der Waals surface area contributed by atoms with Gasteiger partial charge in [-0.3, -0.25) is 9.69 Å². The summed E-state index contributed by atoms with van der Waals surface area (Å²) in [7, 11) is 0. The Morgan fingerprint density at radius 1 is 1.00 bits per heavy atom. The second-order valence-electron chi connectivity index (χ2n) is 9.33. The van der Waals surface area contributed by atoms with Crippen LogP contribution in [0.2, 0.25) is 5.02 Å². The third-order valence-electron chi connectivity index (χ3n) is 6.36. The number of nitrogens with zero attached hydrogens (tertiary/aromatic N) is 2. The van der Waals surface area contributed by atoms with E-state index in [1.54, 1.807) is 22.8 Å². The molecular formula is C28H33ClN2O4. The lowest BCUT2D eigenvalue weighted by molar-refractivity contribution is -0.0537. The molecule has 0 unspecified atom stereocenters. The van der Waals surface area contributed by atoms with Gasteiger partial charge in [0.25, 0.3) is 5.56 Å². The first kappa shape index (κ1) is 25.3. The van der Waals surface area contributed by atoms with Crippen molar-refractivity contribution in [2.45, 2.75) is 44.9 Å². The normalized spacial score (nSPS) is 15.6. The third-order valence-corrected chi connectivity index (χ3v) is 6.60. The molecular weight excluding hydrogens is 464 g/mol. The number of hydrogen-bond donors (Lipinski definition) is 1. The lowest BCUT2D eigenvalue weighted by atomic mass is 9.92. The van der Waals surface area contributed by atoms with E-state index in [1.807, 2.05) is 43.5 Å². The second kappa shape index (κ2) is 11.8. The quantitative estimate of drug-likeness (QED) is 0.413. The number of aryl methyl sites for hydroxylation is 2. The van der Waals surface area contributed by atoms with Crippen LogP contribution in [0.3, 0.4) is 0 Å². The van der Waals surface area contributed by atoms with Gasteiger partial charge in [-0.25, -0.2) is 0 Å². The van der Waals surface area contributed by atoms with Gasteiger partial charge in [0.2, 0.25) is 0 Å². The highest BCUT2D eigenvalue weighted by molar-refractivity contribution is 6.30. The van der Waals surface area contributed by atoms with E-state index in [0.717, 1.165) is 37.4 Å². The molecule has 7 heteroatoms. The molecule has 0 atom stereocenters. The van der Waals surface area contributed by atoms with Gasteiger partial charge in [0.05, 0.1) is 6.61 Å². The number of benzene rings is 2. The summed E-state index contributed by atoms with van der Waals surface area (Å²) >= 11 is 6.00. The number of ether oxygens (including phenoxy) is 2. The van der Waals surface area contributed by atoms with E-state index in [9.17, 15) is 9.90 Å². The van der Waals surface area contributed by atoms with Gasteiger partial charge in [-0.05, 0) is 67.6 Å². The maximum absolute atomic E-state index is 11.9. The van der Waals surface area contributed by atoms with E-state index in [0.29, 0.717) is 36.8 Å². The van der Waals surface area contributed by atoms with Crippen molar-refractivity contribution in [3.05, 3.63) is 93.4 Å². The molecule has 4 rings (SSSR count). The van der Waals surface area contributed by atoms with E-state index >= 15 is 0 Å². The molecule has 35 heavy (non-hydrogen) atoms. The molecule has 2 aromatic carbocycles. The molecule has 6 nitrogen and oxygen atoms in total. The van der Waals surface area contributed by atoms with Crippen LogP contribution in [0.15, 0.2) is 71.7 Å². The first-order valence-electron chi connectivity index (χ1n) is 12.1. The van der Waals surface area contributed by atoms with E-state index < -0.39 is 5.60 Å². The van der Waals surface area contributed by atoms with Crippen molar-refractivity contribution in [1.82, 2.24) is 9.47 Å². The number of pyridine rings is 1. The minimum absolute atomic E-state index is 0.0183. The summed E-state index contributed by atoms with van der Waals surface area (Å²) in [5, 5.41) is 11.5. The van der Waals surface area contributed by atoms with E-state index in [2.05, 4.69) is 17.0 Å². The van der Waals surface area contributed by atoms with Crippen molar-refractivity contribution in [3.63, 3.8) is 0 Å².